The molecular formula is C9H19NO3. The SMILES string of the molecule is COCCOCCCCNC(C)=O. The predicted molar refractivity (Wildman–Crippen MR) is 50.6 cm³/mol. The third kappa shape index (κ3) is 11.4. The van der Waals surface area contributed by atoms with Gasteiger partial charge in [0, 0.05) is 27.2 Å². The summed E-state index contributed by atoms with van der Waals surface area (Å²) in [6.07, 6.45) is 1.94. The number of amides is 1. The second-order valence-electron chi connectivity index (χ2n) is 2.80. The van der Waals surface area contributed by atoms with Gasteiger partial charge in [0.1, 0.15) is 0 Å². The van der Waals surface area contributed by atoms with Crippen LogP contribution in [0.2, 0.25) is 0 Å². The Bertz CT molecular complexity index is 128. The van der Waals surface area contributed by atoms with Crippen LogP contribution in [0.15, 0.2) is 0 Å². The summed E-state index contributed by atoms with van der Waals surface area (Å²) in [5, 5.41) is 2.73. The van der Waals surface area contributed by atoms with E-state index in [1.54, 1.807) is 7.11 Å². The summed E-state index contributed by atoms with van der Waals surface area (Å²) in [6.45, 7) is 4.29. The van der Waals surface area contributed by atoms with Gasteiger partial charge in [-0.3, -0.25) is 4.79 Å². The van der Waals surface area contributed by atoms with Crippen molar-refractivity contribution < 1.29 is 14.3 Å². The highest BCUT2D eigenvalue weighted by Gasteiger charge is 1.91. The first-order valence-electron chi connectivity index (χ1n) is 4.58. The monoisotopic (exact) mass is 189 g/mol. The molecule has 0 aromatic rings. The highest BCUT2D eigenvalue weighted by Crippen LogP contribution is 1.88. The zero-order valence-corrected chi connectivity index (χ0v) is 8.47. The number of nitrogens with one attached hydrogen (secondary N) is 1. The number of hydrogen-bond donors (Lipinski definition) is 1. The third-order valence-electron chi connectivity index (χ3n) is 1.52. The van der Waals surface area contributed by atoms with Crippen LogP contribution in [0, 0.1) is 0 Å². The lowest BCUT2D eigenvalue weighted by molar-refractivity contribution is -0.118. The van der Waals surface area contributed by atoms with Crippen molar-refractivity contribution in [2.75, 3.05) is 33.5 Å². The van der Waals surface area contributed by atoms with Crippen molar-refractivity contribution in [3.05, 3.63) is 0 Å². The summed E-state index contributed by atoms with van der Waals surface area (Å²) in [5.74, 6) is 0.0281. The van der Waals surface area contributed by atoms with Gasteiger partial charge in [0.25, 0.3) is 0 Å². The predicted octanol–water partition coefficient (Wildman–Crippen LogP) is 0.566. The van der Waals surface area contributed by atoms with Gasteiger partial charge in [-0.2, -0.15) is 0 Å². The molecule has 4 nitrogen and oxygen atoms in total. The van der Waals surface area contributed by atoms with Crippen molar-refractivity contribution in [3.63, 3.8) is 0 Å². The molecule has 0 aliphatic carbocycles. The summed E-state index contributed by atoms with van der Waals surface area (Å²) >= 11 is 0. The molecule has 0 aromatic heterocycles. The fraction of sp³-hybridized carbons (Fsp3) is 0.889. The quantitative estimate of drug-likeness (QED) is 0.568. The molecule has 0 aliphatic rings. The van der Waals surface area contributed by atoms with Gasteiger partial charge in [-0.1, -0.05) is 0 Å². The largest absolute Gasteiger partial charge is 0.382 e. The number of carbonyl (C=O) groups excluding carboxylic acids is 1. The van der Waals surface area contributed by atoms with E-state index >= 15 is 0 Å². The van der Waals surface area contributed by atoms with E-state index in [0.717, 1.165) is 26.0 Å². The summed E-state index contributed by atoms with van der Waals surface area (Å²) in [4.78, 5) is 10.5. The maximum absolute atomic E-state index is 10.5. The van der Waals surface area contributed by atoms with Crippen LogP contribution in [-0.2, 0) is 14.3 Å². The molecule has 0 spiro atoms. The molecule has 0 aliphatic heterocycles. The number of unbranched alkanes of at least 4 members (excludes halogenated alkanes) is 1. The zero-order chi connectivity index (χ0) is 9.94. The summed E-state index contributed by atoms with van der Waals surface area (Å²) in [7, 11) is 1.65. The number of rotatable bonds is 8. The lowest BCUT2D eigenvalue weighted by Crippen LogP contribution is -2.21. The Morgan fingerprint density at radius 2 is 2.00 bits per heavy atom. The van der Waals surface area contributed by atoms with Crippen molar-refractivity contribution in [1.29, 1.82) is 0 Å². The highest BCUT2D eigenvalue weighted by atomic mass is 16.5. The molecule has 0 fully saturated rings. The van der Waals surface area contributed by atoms with E-state index in [1.807, 2.05) is 0 Å². The van der Waals surface area contributed by atoms with Crippen LogP contribution < -0.4 is 5.32 Å². The molecular weight excluding hydrogens is 170 g/mol. The molecule has 0 heterocycles. The Kier molecular flexibility index (Phi) is 9.03. The Morgan fingerprint density at radius 3 is 2.62 bits per heavy atom. The van der Waals surface area contributed by atoms with E-state index in [4.69, 9.17) is 9.47 Å². The lowest BCUT2D eigenvalue weighted by Gasteiger charge is -2.03. The minimum atomic E-state index is 0.0281. The van der Waals surface area contributed by atoms with Gasteiger partial charge in [-0.05, 0) is 12.8 Å². The van der Waals surface area contributed by atoms with Crippen LogP contribution in [0.3, 0.4) is 0 Å². The first kappa shape index (κ1) is 12.4. The summed E-state index contributed by atoms with van der Waals surface area (Å²) < 4.78 is 10.1. The first-order valence-corrected chi connectivity index (χ1v) is 4.58. The van der Waals surface area contributed by atoms with Gasteiger partial charge in [0.2, 0.25) is 5.91 Å². The number of hydrogen-bond acceptors (Lipinski definition) is 3. The van der Waals surface area contributed by atoms with E-state index in [2.05, 4.69) is 5.32 Å². The zero-order valence-electron chi connectivity index (χ0n) is 8.47. The Balaban J connectivity index is 2.87. The van der Waals surface area contributed by atoms with E-state index < -0.39 is 0 Å². The van der Waals surface area contributed by atoms with Gasteiger partial charge in [0.05, 0.1) is 13.2 Å². The molecule has 13 heavy (non-hydrogen) atoms. The minimum Gasteiger partial charge on any atom is -0.382 e. The van der Waals surface area contributed by atoms with E-state index in [9.17, 15) is 4.79 Å². The normalized spacial score (nSPS) is 10.0. The van der Waals surface area contributed by atoms with Crippen molar-refractivity contribution in [1.82, 2.24) is 5.32 Å². The number of methoxy groups -OCH3 is 1. The van der Waals surface area contributed by atoms with Crippen LogP contribution >= 0.6 is 0 Å². The fourth-order valence-electron chi connectivity index (χ4n) is 0.838. The lowest BCUT2D eigenvalue weighted by atomic mass is 10.3. The maximum Gasteiger partial charge on any atom is 0.216 e. The highest BCUT2D eigenvalue weighted by molar-refractivity contribution is 5.72. The third-order valence-corrected chi connectivity index (χ3v) is 1.52. The molecule has 0 saturated heterocycles. The van der Waals surface area contributed by atoms with Crippen molar-refractivity contribution in [2.45, 2.75) is 19.8 Å². The number of carbonyl (C=O) groups is 1. The van der Waals surface area contributed by atoms with Crippen molar-refractivity contribution in [3.8, 4) is 0 Å². The molecule has 1 N–H and O–H groups in total. The van der Waals surface area contributed by atoms with Crippen LogP contribution in [0.1, 0.15) is 19.8 Å². The molecule has 0 aromatic carbocycles. The molecule has 0 saturated carbocycles. The Hall–Kier alpha value is -0.610. The minimum absolute atomic E-state index is 0.0281. The molecule has 0 radical (unpaired) electrons. The first-order chi connectivity index (χ1) is 6.27. The van der Waals surface area contributed by atoms with Gasteiger partial charge in [-0.15, -0.1) is 0 Å². The average molecular weight is 189 g/mol. The molecule has 0 atom stereocenters. The Labute approximate surface area is 79.6 Å². The summed E-state index contributed by atoms with van der Waals surface area (Å²) in [5.41, 5.74) is 0. The summed E-state index contributed by atoms with van der Waals surface area (Å²) in [6, 6.07) is 0. The van der Waals surface area contributed by atoms with Gasteiger partial charge < -0.3 is 14.8 Å². The molecule has 78 valence electrons. The van der Waals surface area contributed by atoms with Crippen LogP contribution in [0.5, 0.6) is 0 Å². The smallest absolute Gasteiger partial charge is 0.216 e. The molecule has 0 rings (SSSR count). The van der Waals surface area contributed by atoms with Crippen molar-refractivity contribution in [2.24, 2.45) is 0 Å². The van der Waals surface area contributed by atoms with Crippen molar-refractivity contribution >= 4 is 5.91 Å². The van der Waals surface area contributed by atoms with E-state index in [0.29, 0.717) is 13.2 Å². The van der Waals surface area contributed by atoms with E-state index in [-0.39, 0.29) is 5.91 Å². The Morgan fingerprint density at radius 1 is 1.23 bits per heavy atom. The average Bonchev–Trinajstić information content (AvgIpc) is 2.09. The topological polar surface area (TPSA) is 47.6 Å². The molecule has 1 amide bonds. The second kappa shape index (κ2) is 9.48. The molecule has 0 bridgehead atoms. The molecule has 0 unspecified atom stereocenters. The van der Waals surface area contributed by atoms with Gasteiger partial charge in [-0.25, -0.2) is 0 Å². The van der Waals surface area contributed by atoms with E-state index in [1.165, 1.54) is 6.92 Å². The van der Waals surface area contributed by atoms with Crippen LogP contribution in [0.25, 0.3) is 0 Å². The maximum atomic E-state index is 10.5. The fourth-order valence-corrected chi connectivity index (χ4v) is 0.838. The van der Waals surface area contributed by atoms with Gasteiger partial charge >= 0.3 is 0 Å². The van der Waals surface area contributed by atoms with Crippen LogP contribution in [-0.4, -0.2) is 39.4 Å². The standard InChI is InChI=1S/C9H19NO3/c1-9(11)10-5-3-4-6-13-8-7-12-2/h3-8H2,1-2H3,(H,10,11). The molecule has 4 heteroatoms. The number of ether oxygens (including phenoxy) is 2. The van der Waals surface area contributed by atoms with Crippen LogP contribution in [0.4, 0.5) is 0 Å². The second-order valence-corrected chi connectivity index (χ2v) is 2.80. The van der Waals surface area contributed by atoms with Gasteiger partial charge in [0.15, 0.2) is 0 Å².